The third-order valence-corrected chi connectivity index (χ3v) is 3.48. The maximum Gasteiger partial charge on any atom is 0.230 e. The first-order chi connectivity index (χ1) is 10.8. The second kappa shape index (κ2) is 7.28. The molecular formula is C14H20N6O2. The van der Waals surface area contributed by atoms with Crippen LogP contribution in [0.15, 0.2) is 22.7 Å². The lowest BCUT2D eigenvalue weighted by Gasteiger charge is -2.32. The van der Waals surface area contributed by atoms with Crippen LogP contribution in [0.1, 0.15) is 18.7 Å². The van der Waals surface area contributed by atoms with E-state index in [1.165, 1.54) is 0 Å². The molecule has 22 heavy (non-hydrogen) atoms. The van der Waals surface area contributed by atoms with Crippen LogP contribution in [0.5, 0.6) is 0 Å². The quantitative estimate of drug-likeness (QED) is 0.835. The molecule has 2 aromatic heterocycles. The van der Waals surface area contributed by atoms with Gasteiger partial charge in [-0.3, -0.25) is 4.90 Å². The molecule has 0 bridgehead atoms. The Labute approximate surface area is 128 Å². The van der Waals surface area contributed by atoms with Gasteiger partial charge in [0.15, 0.2) is 0 Å². The van der Waals surface area contributed by atoms with Crippen LogP contribution in [0, 0.1) is 0 Å². The lowest BCUT2D eigenvalue weighted by atomic mass is 10.2. The van der Waals surface area contributed by atoms with Crippen molar-refractivity contribution in [3.8, 4) is 0 Å². The molecule has 0 amide bonds. The van der Waals surface area contributed by atoms with E-state index in [4.69, 9.17) is 9.15 Å². The van der Waals surface area contributed by atoms with Gasteiger partial charge in [-0.05, 0) is 12.1 Å². The summed E-state index contributed by atoms with van der Waals surface area (Å²) in [4.78, 5) is 2.26. The third-order valence-electron chi connectivity index (χ3n) is 3.48. The summed E-state index contributed by atoms with van der Waals surface area (Å²) in [5, 5.41) is 19.1. The molecule has 0 radical (unpaired) electrons. The molecular weight excluding hydrogens is 284 g/mol. The van der Waals surface area contributed by atoms with Crippen LogP contribution in [0.3, 0.4) is 0 Å². The molecule has 1 saturated heterocycles. The SMILES string of the molecule is CCc1nnc(CN2CCO[C@H](CNc3cccnn3)C2)o1. The van der Waals surface area contributed by atoms with Crippen molar-refractivity contribution in [2.45, 2.75) is 26.0 Å². The van der Waals surface area contributed by atoms with Gasteiger partial charge >= 0.3 is 0 Å². The lowest BCUT2D eigenvalue weighted by Crippen LogP contribution is -2.44. The Hall–Kier alpha value is -2.06. The average Bonchev–Trinajstić information content (AvgIpc) is 3.02. The number of aryl methyl sites for hydroxylation is 1. The number of anilines is 1. The minimum atomic E-state index is 0.101. The number of hydrogen-bond donors (Lipinski definition) is 1. The summed E-state index contributed by atoms with van der Waals surface area (Å²) < 4.78 is 11.3. The third kappa shape index (κ3) is 3.99. The Balaban J connectivity index is 1.48. The van der Waals surface area contributed by atoms with E-state index in [1.807, 2.05) is 19.1 Å². The minimum Gasteiger partial charge on any atom is -0.424 e. The van der Waals surface area contributed by atoms with E-state index in [0.29, 0.717) is 31.5 Å². The summed E-state index contributed by atoms with van der Waals surface area (Å²) in [5.41, 5.74) is 0. The zero-order chi connectivity index (χ0) is 15.2. The van der Waals surface area contributed by atoms with Crippen molar-refractivity contribution in [3.05, 3.63) is 30.1 Å². The van der Waals surface area contributed by atoms with Crippen LogP contribution in [0.25, 0.3) is 0 Å². The monoisotopic (exact) mass is 304 g/mol. The molecule has 118 valence electrons. The Bertz CT molecular complexity index is 576. The largest absolute Gasteiger partial charge is 0.424 e. The normalized spacial score (nSPS) is 19.2. The molecule has 3 rings (SSSR count). The van der Waals surface area contributed by atoms with Crippen LogP contribution < -0.4 is 5.32 Å². The van der Waals surface area contributed by atoms with Gasteiger partial charge in [-0.15, -0.1) is 15.3 Å². The minimum absolute atomic E-state index is 0.101. The Morgan fingerprint density at radius 3 is 3.00 bits per heavy atom. The smallest absolute Gasteiger partial charge is 0.230 e. The number of rotatable bonds is 6. The van der Waals surface area contributed by atoms with E-state index < -0.39 is 0 Å². The van der Waals surface area contributed by atoms with Gasteiger partial charge in [-0.2, -0.15) is 5.10 Å². The predicted octanol–water partition coefficient (Wildman–Crippen LogP) is 0.735. The second-order valence-corrected chi connectivity index (χ2v) is 5.16. The van der Waals surface area contributed by atoms with Gasteiger partial charge < -0.3 is 14.5 Å². The summed E-state index contributed by atoms with van der Waals surface area (Å²) in [6.07, 6.45) is 2.52. The van der Waals surface area contributed by atoms with Gasteiger partial charge in [0.1, 0.15) is 5.82 Å². The molecule has 1 aliphatic heterocycles. The molecule has 1 atom stereocenters. The molecule has 2 aromatic rings. The zero-order valence-corrected chi connectivity index (χ0v) is 12.6. The first-order valence-corrected chi connectivity index (χ1v) is 7.50. The summed E-state index contributed by atoms with van der Waals surface area (Å²) in [6.45, 7) is 5.74. The molecule has 0 saturated carbocycles. The molecule has 8 nitrogen and oxygen atoms in total. The number of ether oxygens (including phenoxy) is 1. The van der Waals surface area contributed by atoms with Crippen LogP contribution >= 0.6 is 0 Å². The molecule has 0 unspecified atom stereocenters. The highest BCUT2D eigenvalue weighted by Crippen LogP contribution is 2.11. The molecule has 1 fully saturated rings. The van der Waals surface area contributed by atoms with Crippen LogP contribution in [0.2, 0.25) is 0 Å². The fraction of sp³-hybridized carbons (Fsp3) is 0.571. The first-order valence-electron chi connectivity index (χ1n) is 7.50. The highest BCUT2D eigenvalue weighted by molar-refractivity contribution is 5.31. The molecule has 1 N–H and O–H groups in total. The van der Waals surface area contributed by atoms with Gasteiger partial charge in [0.25, 0.3) is 0 Å². The average molecular weight is 304 g/mol. The van der Waals surface area contributed by atoms with E-state index in [9.17, 15) is 0 Å². The highest BCUT2D eigenvalue weighted by Gasteiger charge is 2.22. The van der Waals surface area contributed by atoms with Gasteiger partial charge in [0.2, 0.25) is 11.8 Å². The van der Waals surface area contributed by atoms with Gasteiger partial charge in [0, 0.05) is 32.3 Å². The Morgan fingerprint density at radius 2 is 2.23 bits per heavy atom. The van der Waals surface area contributed by atoms with E-state index in [0.717, 1.165) is 25.3 Å². The Morgan fingerprint density at radius 1 is 1.32 bits per heavy atom. The molecule has 0 spiro atoms. The van der Waals surface area contributed by atoms with E-state index in [1.54, 1.807) is 6.20 Å². The van der Waals surface area contributed by atoms with Crippen molar-refractivity contribution >= 4 is 5.82 Å². The van der Waals surface area contributed by atoms with E-state index in [-0.39, 0.29) is 6.10 Å². The van der Waals surface area contributed by atoms with Crippen molar-refractivity contribution in [3.63, 3.8) is 0 Å². The second-order valence-electron chi connectivity index (χ2n) is 5.16. The van der Waals surface area contributed by atoms with Crippen molar-refractivity contribution < 1.29 is 9.15 Å². The highest BCUT2D eigenvalue weighted by atomic mass is 16.5. The van der Waals surface area contributed by atoms with Gasteiger partial charge in [-0.25, -0.2) is 0 Å². The number of nitrogens with one attached hydrogen (secondary N) is 1. The van der Waals surface area contributed by atoms with Crippen molar-refractivity contribution in [2.24, 2.45) is 0 Å². The maximum atomic E-state index is 5.78. The van der Waals surface area contributed by atoms with E-state index in [2.05, 4.69) is 30.6 Å². The van der Waals surface area contributed by atoms with Crippen molar-refractivity contribution in [1.82, 2.24) is 25.3 Å². The van der Waals surface area contributed by atoms with Crippen LogP contribution in [-0.4, -0.2) is 57.6 Å². The number of morpholine rings is 1. The van der Waals surface area contributed by atoms with Crippen molar-refractivity contribution in [1.29, 1.82) is 0 Å². The van der Waals surface area contributed by atoms with Gasteiger partial charge in [-0.1, -0.05) is 6.92 Å². The summed E-state index contributed by atoms with van der Waals surface area (Å²) in [6, 6.07) is 3.74. The predicted molar refractivity (Wildman–Crippen MR) is 79.2 cm³/mol. The maximum absolute atomic E-state index is 5.78. The summed E-state index contributed by atoms with van der Waals surface area (Å²) in [7, 11) is 0. The van der Waals surface area contributed by atoms with Crippen LogP contribution in [-0.2, 0) is 17.7 Å². The molecule has 3 heterocycles. The summed E-state index contributed by atoms with van der Waals surface area (Å²) >= 11 is 0. The topological polar surface area (TPSA) is 89.2 Å². The Kier molecular flexibility index (Phi) is 4.92. The van der Waals surface area contributed by atoms with Gasteiger partial charge in [0.05, 0.1) is 19.3 Å². The molecule has 8 heteroatoms. The van der Waals surface area contributed by atoms with Crippen molar-refractivity contribution in [2.75, 3.05) is 31.6 Å². The number of hydrogen-bond acceptors (Lipinski definition) is 8. The summed E-state index contributed by atoms with van der Waals surface area (Å²) in [5.74, 6) is 2.11. The number of nitrogens with zero attached hydrogens (tertiary/aromatic N) is 5. The van der Waals surface area contributed by atoms with E-state index >= 15 is 0 Å². The fourth-order valence-electron chi connectivity index (χ4n) is 2.35. The molecule has 1 aliphatic rings. The standard InChI is InChI=1S/C14H20N6O2/c1-2-13-18-19-14(22-13)10-20-6-7-21-11(9-20)8-15-12-4-3-5-16-17-12/h3-5,11H,2,6-10H2,1H3,(H,15,17)/t11-/m1/s1. The number of aromatic nitrogens is 4. The molecule has 0 aromatic carbocycles. The lowest BCUT2D eigenvalue weighted by molar-refractivity contribution is -0.0265. The van der Waals surface area contributed by atoms with Crippen LogP contribution in [0.4, 0.5) is 5.82 Å². The fourth-order valence-corrected chi connectivity index (χ4v) is 2.35. The first kappa shape index (κ1) is 14.9. The molecule has 0 aliphatic carbocycles. The zero-order valence-electron chi connectivity index (χ0n) is 12.6.